The molecule has 2 nitrogen and oxygen atoms in total. The summed E-state index contributed by atoms with van der Waals surface area (Å²) in [5, 5.41) is 0. The molecule has 84 valence electrons. The standard InChI is InChI=1S/C15H14N2/c1-16-14-11-7-6-10-13(14)15(17-2)12-8-4-3-5-9-12/h3-11H,2H2,1H3/b15-13-,16-14-. The average Bonchev–Trinajstić information content (AvgIpc) is 2.41. The Hall–Kier alpha value is -2.22. The van der Waals surface area contributed by atoms with Gasteiger partial charge in [0.05, 0.1) is 11.4 Å². The summed E-state index contributed by atoms with van der Waals surface area (Å²) in [4.78, 5) is 8.40. The Labute approximate surface area is 101 Å². The maximum Gasteiger partial charge on any atom is 0.0788 e. The van der Waals surface area contributed by atoms with Gasteiger partial charge in [-0.1, -0.05) is 48.6 Å². The fourth-order valence-corrected chi connectivity index (χ4v) is 1.80. The molecule has 2 heteroatoms. The smallest absolute Gasteiger partial charge is 0.0788 e. The van der Waals surface area contributed by atoms with E-state index in [2.05, 4.69) is 16.7 Å². The van der Waals surface area contributed by atoms with E-state index in [4.69, 9.17) is 0 Å². The third-order valence-corrected chi connectivity index (χ3v) is 2.61. The molecule has 0 spiro atoms. The topological polar surface area (TPSA) is 24.7 Å². The first-order chi connectivity index (χ1) is 8.36. The Morgan fingerprint density at radius 3 is 2.41 bits per heavy atom. The molecule has 0 heterocycles. The summed E-state index contributed by atoms with van der Waals surface area (Å²) in [7, 11) is 1.78. The predicted octanol–water partition coefficient (Wildman–Crippen LogP) is 3.30. The summed E-state index contributed by atoms with van der Waals surface area (Å²) in [5.41, 5.74) is 3.86. The van der Waals surface area contributed by atoms with Crippen LogP contribution in [0.15, 0.2) is 70.2 Å². The Morgan fingerprint density at radius 2 is 1.76 bits per heavy atom. The van der Waals surface area contributed by atoms with Crippen molar-refractivity contribution in [1.29, 1.82) is 0 Å². The van der Waals surface area contributed by atoms with Crippen molar-refractivity contribution >= 4 is 18.1 Å². The number of nitrogens with zero attached hydrogens (tertiary/aromatic N) is 2. The van der Waals surface area contributed by atoms with E-state index in [1.54, 1.807) is 7.05 Å². The highest BCUT2D eigenvalue weighted by Crippen LogP contribution is 2.23. The largest absolute Gasteiger partial charge is 0.288 e. The van der Waals surface area contributed by atoms with E-state index in [-0.39, 0.29) is 0 Å². The van der Waals surface area contributed by atoms with Gasteiger partial charge in [-0.15, -0.1) is 0 Å². The summed E-state index contributed by atoms with van der Waals surface area (Å²) in [5.74, 6) is 0. The van der Waals surface area contributed by atoms with Crippen molar-refractivity contribution < 1.29 is 0 Å². The van der Waals surface area contributed by atoms with E-state index in [1.165, 1.54) is 0 Å². The van der Waals surface area contributed by atoms with Gasteiger partial charge in [0.2, 0.25) is 0 Å². The zero-order chi connectivity index (χ0) is 12.1. The van der Waals surface area contributed by atoms with Gasteiger partial charge < -0.3 is 0 Å². The molecule has 2 rings (SSSR count). The van der Waals surface area contributed by atoms with Crippen LogP contribution in [0.2, 0.25) is 0 Å². The maximum atomic E-state index is 4.26. The highest BCUT2D eigenvalue weighted by atomic mass is 14.7. The molecule has 0 aromatic heterocycles. The predicted molar refractivity (Wildman–Crippen MR) is 74.6 cm³/mol. The summed E-state index contributed by atoms with van der Waals surface area (Å²) < 4.78 is 0. The Kier molecular flexibility index (Phi) is 3.46. The van der Waals surface area contributed by atoms with Crippen LogP contribution in [0.25, 0.3) is 5.70 Å². The molecule has 0 amide bonds. The Morgan fingerprint density at radius 1 is 1.06 bits per heavy atom. The first-order valence-corrected chi connectivity index (χ1v) is 5.45. The van der Waals surface area contributed by atoms with Gasteiger partial charge in [0.15, 0.2) is 0 Å². The summed E-state index contributed by atoms with van der Waals surface area (Å²) in [6, 6.07) is 10.0. The number of hydrogen-bond donors (Lipinski definition) is 0. The second-order valence-electron chi connectivity index (χ2n) is 3.61. The zero-order valence-electron chi connectivity index (χ0n) is 9.80. The van der Waals surface area contributed by atoms with Crippen molar-refractivity contribution in [1.82, 2.24) is 0 Å². The molecular weight excluding hydrogens is 208 g/mol. The van der Waals surface area contributed by atoms with E-state index in [0.717, 1.165) is 22.5 Å². The highest BCUT2D eigenvalue weighted by molar-refractivity contribution is 6.16. The quantitative estimate of drug-likeness (QED) is 0.686. The van der Waals surface area contributed by atoms with Gasteiger partial charge in [-0.2, -0.15) is 0 Å². The van der Waals surface area contributed by atoms with Crippen molar-refractivity contribution in [2.24, 2.45) is 9.98 Å². The molecule has 0 saturated heterocycles. The number of allylic oxidation sites excluding steroid dienone is 5. The second-order valence-corrected chi connectivity index (χ2v) is 3.61. The molecule has 0 fully saturated rings. The molecule has 0 atom stereocenters. The van der Waals surface area contributed by atoms with Crippen molar-refractivity contribution in [3.8, 4) is 0 Å². The molecule has 1 aromatic carbocycles. The van der Waals surface area contributed by atoms with Gasteiger partial charge in [0.1, 0.15) is 0 Å². The molecule has 0 unspecified atom stereocenters. The minimum Gasteiger partial charge on any atom is -0.288 e. The van der Waals surface area contributed by atoms with Crippen LogP contribution in [0.4, 0.5) is 0 Å². The summed E-state index contributed by atoms with van der Waals surface area (Å²) in [6.07, 6.45) is 7.94. The minimum atomic E-state index is 0.867. The first-order valence-electron chi connectivity index (χ1n) is 5.45. The fourth-order valence-electron chi connectivity index (χ4n) is 1.80. The monoisotopic (exact) mass is 222 g/mol. The number of hydrogen-bond acceptors (Lipinski definition) is 2. The normalized spacial score (nSPS) is 19.5. The molecule has 0 radical (unpaired) electrons. The first kappa shape index (κ1) is 11.3. The number of benzene rings is 1. The number of aliphatic imine (C=N–C) groups is 2. The van der Waals surface area contributed by atoms with Crippen molar-refractivity contribution in [2.75, 3.05) is 7.05 Å². The lowest BCUT2D eigenvalue weighted by molar-refractivity contribution is 1.42. The third-order valence-electron chi connectivity index (χ3n) is 2.61. The van der Waals surface area contributed by atoms with E-state index in [1.807, 2.05) is 54.6 Å². The molecule has 0 aliphatic heterocycles. The van der Waals surface area contributed by atoms with Crippen LogP contribution in [0.3, 0.4) is 0 Å². The van der Waals surface area contributed by atoms with Gasteiger partial charge in [-0.25, -0.2) is 0 Å². The van der Waals surface area contributed by atoms with Gasteiger partial charge >= 0.3 is 0 Å². The van der Waals surface area contributed by atoms with E-state index in [9.17, 15) is 0 Å². The number of rotatable bonds is 2. The maximum absolute atomic E-state index is 4.26. The molecular formula is C15H14N2. The molecule has 1 aliphatic rings. The van der Waals surface area contributed by atoms with E-state index < -0.39 is 0 Å². The second kappa shape index (κ2) is 5.21. The van der Waals surface area contributed by atoms with Crippen LogP contribution >= 0.6 is 0 Å². The Bertz CT molecular complexity index is 531. The zero-order valence-corrected chi connectivity index (χ0v) is 9.80. The van der Waals surface area contributed by atoms with E-state index >= 15 is 0 Å². The van der Waals surface area contributed by atoms with Crippen LogP contribution in [0.5, 0.6) is 0 Å². The lowest BCUT2D eigenvalue weighted by Gasteiger charge is -2.11. The van der Waals surface area contributed by atoms with Crippen LogP contribution in [0.1, 0.15) is 5.56 Å². The van der Waals surface area contributed by atoms with Gasteiger partial charge in [0, 0.05) is 18.2 Å². The fraction of sp³-hybridized carbons (Fsp3) is 0.0667. The van der Waals surface area contributed by atoms with Crippen molar-refractivity contribution in [2.45, 2.75) is 0 Å². The van der Waals surface area contributed by atoms with Crippen molar-refractivity contribution in [3.05, 3.63) is 65.8 Å². The van der Waals surface area contributed by atoms with Crippen LogP contribution in [-0.2, 0) is 0 Å². The highest BCUT2D eigenvalue weighted by Gasteiger charge is 2.10. The molecule has 1 aliphatic carbocycles. The summed E-state index contributed by atoms with van der Waals surface area (Å²) >= 11 is 0. The minimum absolute atomic E-state index is 0.867. The lowest BCUT2D eigenvalue weighted by atomic mass is 9.99. The van der Waals surface area contributed by atoms with Gasteiger partial charge in [-0.3, -0.25) is 9.98 Å². The van der Waals surface area contributed by atoms with Gasteiger partial charge in [0.25, 0.3) is 0 Å². The Balaban J connectivity index is 2.58. The molecule has 1 aromatic rings. The van der Waals surface area contributed by atoms with E-state index in [0.29, 0.717) is 0 Å². The molecule has 0 N–H and O–H groups in total. The average molecular weight is 222 g/mol. The van der Waals surface area contributed by atoms with Gasteiger partial charge in [-0.05, 0) is 12.8 Å². The SMILES string of the molecule is C=N/C(=C1/C=CC=C/C1=N/C)c1ccccc1. The molecule has 0 saturated carbocycles. The van der Waals surface area contributed by atoms with Crippen LogP contribution < -0.4 is 0 Å². The summed E-state index contributed by atoms with van der Waals surface area (Å²) in [6.45, 7) is 3.66. The lowest BCUT2D eigenvalue weighted by Crippen LogP contribution is -2.02. The van der Waals surface area contributed by atoms with Crippen molar-refractivity contribution in [3.63, 3.8) is 0 Å². The van der Waals surface area contributed by atoms with Crippen LogP contribution in [-0.4, -0.2) is 19.5 Å². The molecule has 17 heavy (non-hydrogen) atoms. The third kappa shape index (κ3) is 2.31. The molecule has 0 bridgehead atoms. The van der Waals surface area contributed by atoms with Crippen LogP contribution in [0, 0.1) is 0 Å².